The van der Waals surface area contributed by atoms with Gasteiger partial charge in [-0.1, -0.05) is 13.3 Å². The van der Waals surface area contributed by atoms with Crippen LogP contribution < -0.4 is 0 Å². The fourth-order valence-electron chi connectivity index (χ4n) is 0. The Balaban J connectivity index is -0.0000000450. The summed E-state index contributed by atoms with van der Waals surface area (Å²) in [6.07, 6.45) is 2.28. The first-order chi connectivity index (χ1) is 1.91. The van der Waals surface area contributed by atoms with E-state index in [9.17, 15) is 0 Å². The number of hydrogen-bond acceptors (Lipinski definition) is 0. The number of rotatable bonds is 1. The zero-order chi connectivity index (χ0) is 3.41. The molecule has 0 spiro atoms. The summed E-state index contributed by atoms with van der Waals surface area (Å²) in [6, 6.07) is 0. The summed E-state index contributed by atoms with van der Waals surface area (Å²) in [5.74, 6) is 0. The zero-order valence-corrected chi connectivity index (χ0v) is 6.10. The van der Waals surface area contributed by atoms with E-state index in [1.54, 1.807) is 0 Å². The standard InChI is InChI=1S/C4H9.CH3.Yb/c1-3-4-2;;/h1,3-4H2,2H3;1H3;/q2*-1;+2. The average molecular weight is 245 g/mol. The van der Waals surface area contributed by atoms with Crippen molar-refractivity contribution >= 4 is 0 Å². The predicted octanol–water partition coefficient (Wildman–Crippen LogP) is 2.07. The second kappa shape index (κ2) is 16.0. The molecule has 0 atom stereocenters. The zero-order valence-electron chi connectivity index (χ0n) is 4.39. The molecule has 0 aromatic carbocycles. The van der Waals surface area contributed by atoms with Gasteiger partial charge in [-0.15, -0.1) is 0 Å². The van der Waals surface area contributed by atoms with E-state index in [1.165, 1.54) is 6.42 Å². The van der Waals surface area contributed by atoms with Crippen molar-refractivity contribution in [2.75, 3.05) is 0 Å². The fourth-order valence-corrected chi connectivity index (χ4v) is 0. The Morgan fingerprint density at radius 1 is 1.50 bits per heavy atom. The van der Waals surface area contributed by atoms with Crippen LogP contribution in [0.4, 0.5) is 0 Å². The van der Waals surface area contributed by atoms with Crippen LogP contribution in [-0.4, -0.2) is 0 Å². The van der Waals surface area contributed by atoms with Crippen molar-refractivity contribution in [3.63, 3.8) is 0 Å². The van der Waals surface area contributed by atoms with Crippen LogP contribution in [0.3, 0.4) is 0 Å². The molecule has 1 heteroatoms. The van der Waals surface area contributed by atoms with E-state index < -0.39 is 0 Å². The second-order valence-electron chi connectivity index (χ2n) is 0.854. The molecule has 0 rings (SSSR count). The van der Waals surface area contributed by atoms with Crippen molar-refractivity contribution in [2.45, 2.75) is 19.8 Å². The minimum atomic E-state index is 0. The van der Waals surface area contributed by atoms with Crippen molar-refractivity contribution in [3.8, 4) is 0 Å². The Bertz CT molecular complexity index is 5.90. The largest absolute Gasteiger partial charge is 2.00 e. The summed E-state index contributed by atoms with van der Waals surface area (Å²) in [7, 11) is 0. The van der Waals surface area contributed by atoms with Crippen LogP contribution in [0.15, 0.2) is 0 Å². The molecule has 0 aliphatic heterocycles. The summed E-state index contributed by atoms with van der Waals surface area (Å²) >= 11 is 0. The molecule has 0 unspecified atom stereocenters. The van der Waals surface area contributed by atoms with Gasteiger partial charge in [-0.25, -0.2) is 0 Å². The average Bonchev–Trinajstić information content (AvgIpc) is 1.37. The SMILES string of the molecule is [CH2-]CCC.[CH3-].[Yb+2]. The van der Waals surface area contributed by atoms with Crippen molar-refractivity contribution < 1.29 is 46.9 Å². The monoisotopic (exact) mass is 246 g/mol. The molecule has 0 saturated heterocycles. The van der Waals surface area contributed by atoms with Crippen molar-refractivity contribution in [1.29, 1.82) is 0 Å². The summed E-state index contributed by atoms with van der Waals surface area (Å²) in [4.78, 5) is 0. The molecule has 46 valence electrons. The fraction of sp³-hybridized carbons (Fsp3) is 0.600. The maximum Gasteiger partial charge on any atom is 2.00 e. The molecule has 0 aromatic heterocycles. The summed E-state index contributed by atoms with van der Waals surface area (Å²) < 4.78 is 0. The van der Waals surface area contributed by atoms with E-state index >= 15 is 0 Å². The quantitative estimate of drug-likeness (QED) is 0.620. The summed E-state index contributed by atoms with van der Waals surface area (Å²) in [5.41, 5.74) is 0. The van der Waals surface area contributed by atoms with Crippen molar-refractivity contribution in [3.05, 3.63) is 14.4 Å². The molecule has 0 aromatic rings. The van der Waals surface area contributed by atoms with Gasteiger partial charge in [0.2, 0.25) is 0 Å². The molecule has 0 aliphatic rings. The smallest absolute Gasteiger partial charge is 0.358 e. The van der Waals surface area contributed by atoms with Crippen molar-refractivity contribution in [2.24, 2.45) is 0 Å². The van der Waals surface area contributed by atoms with Crippen LogP contribution in [-0.2, 0) is 0 Å². The van der Waals surface area contributed by atoms with Crippen LogP contribution in [0.5, 0.6) is 0 Å². The van der Waals surface area contributed by atoms with E-state index in [-0.39, 0.29) is 54.4 Å². The van der Waals surface area contributed by atoms with E-state index in [1.807, 2.05) is 0 Å². The predicted molar refractivity (Wildman–Crippen MR) is 26.7 cm³/mol. The van der Waals surface area contributed by atoms with E-state index in [2.05, 4.69) is 13.8 Å². The second-order valence-corrected chi connectivity index (χ2v) is 0.854. The van der Waals surface area contributed by atoms with Crippen molar-refractivity contribution in [1.82, 2.24) is 0 Å². The molecule has 0 radical (unpaired) electrons. The maximum absolute atomic E-state index is 3.60. The normalized spacial score (nSPS) is 5.00. The molecule has 0 heterocycles. The Kier molecular flexibility index (Phi) is 41.8. The first-order valence-corrected chi connectivity index (χ1v) is 1.71. The third kappa shape index (κ3) is 17.8. The van der Waals surface area contributed by atoms with Gasteiger partial charge in [0.1, 0.15) is 0 Å². The van der Waals surface area contributed by atoms with Crippen LogP contribution in [0, 0.1) is 61.3 Å². The van der Waals surface area contributed by atoms with Gasteiger partial charge < -0.3 is 14.4 Å². The van der Waals surface area contributed by atoms with Gasteiger partial charge in [-0.2, -0.15) is 6.42 Å². The molecule has 0 N–H and O–H groups in total. The van der Waals surface area contributed by atoms with Gasteiger partial charge >= 0.3 is 46.9 Å². The molecule has 0 amide bonds. The van der Waals surface area contributed by atoms with Crippen LogP contribution >= 0.6 is 0 Å². The molecule has 0 fully saturated rings. The molecule has 0 aliphatic carbocycles. The van der Waals surface area contributed by atoms with Crippen LogP contribution in [0.2, 0.25) is 0 Å². The van der Waals surface area contributed by atoms with Gasteiger partial charge in [0.15, 0.2) is 0 Å². The summed E-state index contributed by atoms with van der Waals surface area (Å²) in [5, 5.41) is 0. The topological polar surface area (TPSA) is 0 Å². The van der Waals surface area contributed by atoms with E-state index in [0.717, 1.165) is 6.42 Å². The Morgan fingerprint density at radius 3 is 1.67 bits per heavy atom. The molecular formula is C5H12Yb. The third-order valence-electron chi connectivity index (χ3n) is 0.354. The Labute approximate surface area is 79.9 Å². The van der Waals surface area contributed by atoms with Crippen LogP contribution in [0.25, 0.3) is 0 Å². The Morgan fingerprint density at radius 2 is 1.67 bits per heavy atom. The minimum absolute atomic E-state index is 0. The van der Waals surface area contributed by atoms with Gasteiger partial charge in [-0.05, 0) is 0 Å². The van der Waals surface area contributed by atoms with Gasteiger partial charge in [-0.3, -0.25) is 0 Å². The first kappa shape index (κ1) is 15.6. The number of unbranched alkanes of at least 4 members (excludes halogenated alkanes) is 1. The minimum Gasteiger partial charge on any atom is -0.358 e. The first-order valence-electron chi connectivity index (χ1n) is 1.71. The van der Waals surface area contributed by atoms with Gasteiger partial charge in [0.05, 0.1) is 0 Å². The van der Waals surface area contributed by atoms with E-state index in [4.69, 9.17) is 0 Å². The van der Waals surface area contributed by atoms with Gasteiger partial charge in [0, 0.05) is 0 Å². The summed E-state index contributed by atoms with van der Waals surface area (Å²) in [6.45, 7) is 5.72. The van der Waals surface area contributed by atoms with E-state index in [0.29, 0.717) is 0 Å². The molecule has 0 nitrogen and oxygen atoms in total. The molecular weight excluding hydrogens is 233 g/mol. The van der Waals surface area contributed by atoms with Gasteiger partial charge in [0.25, 0.3) is 0 Å². The van der Waals surface area contributed by atoms with Crippen LogP contribution in [0.1, 0.15) is 19.8 Å². The maximum atomic E-state index is 3.60. The Hall–Kier alpha value is 1.52. The molecule has 0 bridgehead atoms. The molecule has 0 saturated carbocycles. The third-order valence-corrected chi connectivity index (χ3v) is 0.354. The number of hydrogen-bond donors (Lipinski definition) is 0. The molecule has 6 heavy (non-hydrogen) atoms.